The maximum atomic E-state index is 11.1. The van der Waals surface area contributed by atoms with Crippen molar-refractivity contribution in [1.29, 1.82) is 0 Å². The topological polar surface area (TPSA) is 53.4 Å². The summed E-state index contributed by atoms with van der Waals surface area (Å²) < 4.78 is 0. The van der Waals surface area contributed by atoms with Crippen molar-refractivity contribution < 1.29 is 9.90 Å². The lowest BCUT2D eigenvalue weighted by molar-refractivity contribution is 0.0701. The summed E-state index contributed by atoms with van der Waals surface area (Å²) in [7, 11) is 0. The average Bonchev–Trinajstić information content (AvgIpc) is 2.69. The molecule has 0 aromatic carbocycles. The van der Waals surface area contributed by atoms with Gasteiger partial charge in [-0.2, -0.15) is 0 Å². The van der Waals surface area contributed by atoms with Crippen molar-refractivity contribution in [3.05, 3.63) is 15.6 Å². The molecular weight excluding hydrogens is 284 g/mol. The van der Waals surface area contributed by atoms with Crippen molar-refractivity contribution in [2.45, 2.75) is 47.5 Å². The van der Waals surface area contributed by atoms with Crippen LogP contribution in [0.2, 0.25) is 0 Å². The first-order valence-electron chi connectivity index (χ1n) is 7.63. The highest BCUT2D eigenvalue weighted by Crippen LogP contribution is 2.26. The molecule has 5 heteroatoms. The Hall–Kier alpha value is -0.940. The predicted octanol–water partition coefficient (Wildman–Crippen LogP) is 3.87. The number of hydrogen-bond donors (Lipinski definition) is 1. The third kappa shape index (κ3) is 5.75. The quantitative estimate of drug-likeness (QED) is 0.792. The Morgan fingerprint density at radius 2 is 1.67 bits per heavy atom. The molecule has 1 heterocycles. The van der Waals surface area contributed by atoms with E-state index in [1.807, 2.05) is 0 Å². The lowest BCUT2D eigenvalue weighted by Gasteiger charge is -2.28. The van der Waals surface area contributed by atoms with Gasteiger partial charge in [-0.15, -0.1) is 11.3 Å². The van der Waals surface area contributed by atoms with Crippen LogP contribution in [-0.2, 0) is 0 Å². The van der Waals surface area contributed by atoms with Crippen molar-refractivity contribution in [3.8, 4) is 0 Å². The van der Waals surface area contributed by atoms with E-state index in [1.54, 1.807) is 6.92 Å². The molecule has 0 spiro atoms. The van der Waals surface area contributed by atoms with Gasteiger partial charge < -0.3 is 10.0 Å². The number of aromatic nitrogens is 1. The Bertz CT molecular complexity index is 459. The van der Waals surface area contributed by atoms with Crippen molar-refractivity contribution in [2.75, 3.05) is 19.6 Å². The lowest BCUT2D eigenvalue weighted by atomic mass is 10.1. The molecule has 0 radical (unpaired) electrons. The maximum Gasteiger partial charge on any atom is 0.347 e. The second kappa shape index (κ2) is 7.90. The van der Waals surface area contributed by atoms with Gasteiger partial charge >= 0.3 is 5.97 Å². The second-order valence-electron chi connectivity index (χ2n) is 6.68. The summed E-state index contributed by atoms with van der Waals surface area (Å²) in [5.41, 5.74) is 0.633. The van der Waals surface area contributed by atoms with Crippen molar-refractivity contribution in [1.82, 2.24) is 9.88 Å². The predicted molar refractivity (Wildman–Crippen MR) is 88.3 cm³/mol. The maximum absolute atomic E-state index is 11.1. The Morgan fingerprint density at radius 3 is 2.05 bits per heavy atom. The summed E-state index contributed by atoms with van der Waals surface area (Å²) in [5.74, 6) is 0.649. The van der Waals surface area contributed by atoms with E-state index in [1.165, 1.54) is 11.3 Å². The number of nitrogens with zero attached hydrogens (tertiary/aromatic N) is 2. The SMILES string of the molecule is Cc1nc(C(C)CN(CC(C)C)CC(C)C)sc1C(=O)O. The van der Waals surface area contributed by atoms with Gasteiger partial charge in [-0.3, -0.25) is 0 Å². The minimum atomic E-state index is -0.871. The van der Waals surface area contributed by atoms with E-state index in [-0.39, 0.29) is 5.92 Å². The summed E-state index contributed by atoms with van der Waals surface area (Å²) in [6.45, 7) is 15.9. The van der Waals surface area contributed by atoms with Gasteiger partial charge in [-0.25, -0.2) is 9.78 Å². The highest BCUT2D eigenvalue weighted by Gasteiger charge is 2.20. The third-order valence-electron chi connectivity index (χ3n) is 3.21. The molecule has 4 nitrogen and oxygen atoms in total. The molecule has 120 valence electrons. The smallest absolute Gasteiger partial charge is 0.347 e. The Labute approximate surface area is 132 Å². The zero-order chi connectivity index (χ0) is 16.2. The molecule has 0 saturated carbocycles. The molecule has 0 saturated heterocycles. The molecule has 0 aliphatic heterocycles. The van der Waals surface area contributed by atoms with Gasteiger partial charge in [0.2, 0.25) is 0 Å². The minimum absolute atomic E-state index is 0.263. The molecule has 1 unspecified atom stereocenters. The Balaban J connectivity index is 2.78. The van der Waals surface area contributed by atoms with E-state index in [0.717, 1.165) is 24.6 Å². The molecule has 0 bridgehead atoms. The standard InChI is InChI=1S/C16H28N2O2S/c1-10(2)7-18(8-11(3)4)9-12(5)15-17-13(6)14(21-15)16(19)20/h10-12H,7-9H2,1-6H3,(H,19,20). The average molecular weight is 312 g/mol. The van der Waals surface area contributed by atoms with Crippen LogP contribution in [0.4, 0.5) is 0 Å². The molecule has 0 aliphatic carbocycles. The van der Waals surface area contributed by atoms with Crippen molar-refractivity contribution in [3.63, 3.8) is 0 Å². The fourth-order valence-electron chi connectivity index (χ4n) is 2.55. The summed E-state index contributed by atoms with van der Waals surface area (Å²) in [6.07, 6.45) is 0. The van der Waals surface area contributed by atoms with Gasteiger partial charge in [0.05, 0.1) is 10.7 Å². The van der Waals surface area contributed by atoms with E-state index in [9.17, 15) is 4.79 Å². The molecule has 1 aromatic heterocycles. The van der Waals surface area contributed by atoms with Gasteiger partial charge in [0.15, 0.2) is 0 Å². The van der Waals surface area contributed by atoms with Crippen LogP contribution in [0.15, 0.2) is 0 Å². The molecule has 1 N–H and O–H groups in total. The van der Waals surface area contributed by atoms with Gasteiger partial charge in [-0.05, 0) is 18.8 Å². The number of hydrogen-bond acceptors (Lipinski definition) is 4. The first-order valence-corrected chi connectivity index (χ1v) is 8.45. The Morgan fingerprint density at radius 1 is 1.14 bits per heavy atom. The number of aryl methyl sites for hydroxylation is 1. The molecule has 1 atom stereocenters. The first-order chi connectivity index (χ1) is 9.70. The second-order valence-corrected chi connectivity index (χ2v) is 7.71. The van der Waals surface area contributed by atoms with Crippen LogP contribution in [0, 0.1) is 18.8 Å². The molecule has 0 amide bonds. The normalized spacial score (nSPS) is 13.4. The molecular formula is C16H28N2O2S. The fourth-order valence-corrected chi connectivity index (χ4v) is 3.50. The van der Waals surface area contributed by atoms with Gasteiger partial charge in [-0.1, -0.05) is 34.6 Å². The van der Waals surface area contributed by atoms with Crippen molar-refractivity contribution >= 4 is 17.3 Å². The number of carboxylic acid groups (broad SMARTS) is 1. The largest absolute Gasteiger partial charge is 0.477 e. The van der Waals surface area contributed by atoms with Crippen molar-refractivity contribution in [2.24, 2.45) is 11.8 Å². The van der Waals surface area contributed by atoms with Crippen LogP contribution in [0.25, 0.3) is 0 Å². The molecule has 0 fully saturated rings. The van der Waals surface area contributed by atoms with E-state index >= 15 is 0 Å². The molecule has 1 rings (SSSR count). The van der Waals surface area contributed by atoms with E-state index < -0.39 is 5.97 Å². The number of carbonyl (C=O) groups is 1. The minimum Gasteiger partial charge on any atom is -0.477 e. The summed E-state index contributed by atoms with van der Waals surface area (Å²) in [5, 5.41) is 10.1. The zero-order valence-electron chi connectivity index (χ0n) is 14.0. The summed E-state index contributed by atoms with van der Waals surface area (Å²) in [6, 6.07) is 0. The van der Waals surface area contributed by atoms with Gasteiger partial charge in [0.25, 0.3) is 0 Å². The van der Waals surface area contributed by atoms with Crippen LogP contribution >= 0.6 is 11.3 Å². The molecule has 0 aliphatic rings. The fraction of sp³-hybridized carbons (Fsp3) is 0.750. The first kappa shape index (κ1) is 18.1. The van der Waals surface area contributed by atoms with Crippen LogP contribution in [0.5, 0.6) is 0 Å². The number of rotatable bonds is 8. The zero-order valence-corrected chi connectivity index (χ0v) is 14.8. The number of thiazole rings is 1. The summed E-state index contributed by atoms with van der Waals surface area (Å²) >= 11 is 1.32. The van der Waals surface area contributed by atoms with E-state index in [4.69, 9.17) is 5.11 Å². The number of aromatic carboxylic acids is 1. The van der Waals surface area contributed by atoms with Crippen LogP contribution in [-0.4, -0.2) is 40.6 Å². The van der Waals surface area contributed by atoms with E-state index in [2.05, 4.69) is 44.5 Å². The van der Waals surface area contributed by atoms with E-state index in [0.29, 0.717) is 22.4 Å². The summed E-state index contributed by atoms with van der Waals surface area (Å²) in [4.78, 5) is 18.4. The van der Waals surface area contributed by atoms with Gasteiger partial charge in [0, 0.05) is 25.6 Å². The third-order valence-corrected chi connectivity index (χ3v) is 4.58. The van der Waals surface area contributed by atoms with Crippen LogP contribution in [0.1, 0.15) is 60.9 Å². The monoisotopic (exact) mass is 312 g/mol. The molecule has 1 aromatic rings. The molecule has 21 heavy (non-hydrogen) atoms. The lowest BCUT2D eigenvalue weighted by Crippen LogP contribution is -2.34. The van der Waals surface area contributed by atoms with Gasteiger partial charge in [0.1, 0.15) is 4.88 Å². The highest BCUT2D eigenvalue weighted by molar-refractivity contribution is 7.13. The number of carboxylic acids is 1. The Kier molecular flexibility index (Phi) is 6.81. The van der Waals surface area contributed by atoms with Crippen LogP contribution in [0.3, 0.4) is 0 Å². The van der Waals surface area contributed by atoms with Crippen LogP contribution < -0.4 is 0 Å². The highest BCUT2D eigenvalue weighted by atomic mass is 32.1.